The Labute approximate surface area is 196 Å². The first-order valence-electron chi connectivity index (χ1n) is 10.9. The molecular formula is C27H23N3O4. The van der Waals surface area contributed by atoms with E-state index >= 15 is 0 Å². The molecule has 5 rings (SSSR count). The van der Waals surface area contributed by atoms with E-state index in [0.29, 0.717) is 39.7 Å². The Morgan fingerprint density at radius 2 is 1.68 bits per heavy atom. The first kappa shape index (κ1) is 21.5. The Hall–Kier alpha value is -4.39. The van der Waals surface area contributed by atoms with Gasteiger partial charge in [0.25, 0.3) is 11.4 Å². The van der Waals surface area contributed by atoms with Crippen molar-refractivity contribution >= 4 is 10.8 Å². The van der Waals surface area contributed by atoms with E-state index in [1.54, 1.807) is 31.0 Å². The molecule has 0 aliphatic heterocycles. The Balaban J connectivity index is 1.67. The highest BCUT2D eigenvalue weighted by Gasteiger charge is 2.19. The van der Waals surface area contributed by atoms with Crippen LogP contribution in [0.5, 0.6) is 11.5 Å². The fourth-order valence-electron chi connectivity index (χ4n) is 3.97. The largest absolute Gasteiger partial charge is 0.497 e. The fourth-order valence-corrected chi connectivity index (χ4v) is 3.97. The van der Waals surface area contributed by atoms with E-state index in [1.807, 2.05) is 60.7 Å². The lowest BCUT2D eigenvalue weighted by atomic mass is 10.1. The molecule has 0 unspecified atom stereocenters. The Bertz CT molecular complexity index is 1530. The van der Waals surface area contributed by atoms with Gasteiger partial charge in [0.15, 0.2) is 0 Å². The van der Waals surface area contributed by atoms with E-state index in [2.05, 4.69) is 17.1 Å². The van der Waals surface area contributed by atoms with Crippen molar-refractivity contribution in [2.45, 2.75) is 13.3 Å². The topological polar surface area (TPSA) is 79.4 Å². The van der Waals surface area contributed by atoms with Crippen molar-refractivity contribution in [2.24, 2.45) is 0 Å². The summed E-state index contributed by atoms with van der Waals surface area (Å²) in [6.45, 7) is 2.10. The third-order valence-corrected chi connectivity index (χ3v) is 5.85. The van der Waals surface area contributed by atoms with Gasteiger partial charge in [0.05, 0.1) is 25.3 Å². The van der Waals surface area contributed by atoms with Crippen LogP contribution in [-0.4, -0.2) is 28.9 Å². The lowest BCUT2D eigenvalue weighted by Crippen LogP contribution is -2.18. The average molecular weight is 453 g/mol. The van der Waals surface area contributed by atoms with Gasteiger partial charge in [-0.15, -0.1) is 0 Å². The number of benzene rings is 3. The zero-order valence-corrected chi connectivity index (χ0v) is 19.1. The van der Waals surface area contributed by atoms with Crippen LogP contribution < -0.4 is 15.0 Å². The van der Waals surface area contributed by atoms with Crippen LogP contribution >= 0.6 is 0 Å². The molecule has 0 saturated carbocycles. The molecule has 0 amide bonds. The molecule has 2 aromatic heterocycles. The molecule has 170 valence electrons. The summed E-state index contributed by atoms with van der Waals surface area (Å²) in [6.07, 6.45) is 2.69. The van der Waals surface area contributed by atoms with Gasteiger partial charge in [-0.1, -0.05) is 42.4 Å². The van der Waals surface area contributed by atoms with Crippen LogP contribution in [0.1, 0.15) is 12.5 Å². The van der Waals surface area contributed by atoms with E-state index in [-0.39, 0.29) is 5.56 Å². The molecule has 0 fully saturated rings. The highest BCUT2D eigenvalue weighted by Crippen LogP contribution is 2.34. The van der Waals surface area contributed by atoms with E-state index < -0.39 is 0 Å². The van der Waals surface area contributed by atoms with Crippen LogP contribution in [0.2, 0.25) is 0 Å². The summed E-state index contributed by atoms with van der Waals surface area (Å²) >= 11 is 0. The van der Waals surface area contributed by atoms with Crippen molar-refractivity contribution in [2.75, 3.05) is 14.2 Å². The summed E-state index contributed by atoms with van der Waals surface area (Å²) in [5, 5.41) is 5.50. The average Bonchev–Trinajstić information content (AvgIpc) is 3.38. The number of ether oxygens (including phenoxy) is 2. The SMILES string of the molecule is CCc1ccc(-n2cc(-c3nc(-c4ccc(OC)cc4OC)no3)c3ccccc3c2=O)cc1. The number of nitrogens with zero attached hydrogens (tertiary/aromatic N) is 3. The maximum absolute atomic E-state index is 13.3. The van der Waals surface area contributed by atoms with Crippen molar-refractivity contribution in [3.8, 4) is 40.0 Å². The van der Waals surface area contributed by atoms with E-state index in [1.165, 1.54) is 5.56 Å². The monoisotopic (exact) mass is 453 g/mol. The summed E-state index contributed by atoms with van der Waals surface area (Å²) in [5.74, 6) is 1.92. The molecule has 0 N–H and O–H groups in total. The Kier molecular flexibility index (Phi) is 5.59. The van der Waals surface area contributed by atoms with Gasteiger partial charge >= 0.3 is 0 Å². The minimum absolute atomic E-state index is 0.111. The first-order valence-corrected chi connectivity index (χ1v) is 10.9. The molecule has 0 atom stereocenters. The molecule has 0 spiro atoms. The Morgan fingerprint density at radius 1 is 0.912 bits per heavy atom. The van der Waals surface area contributed by atoms with Gasteiger partial charge in [0.1, 0.15) is 11.5 Å². The molecule has 3 aromatic carbocycles. The smallest absolute Gasteiger partial charge is 0.262 e. The second-order valence-electron chi connectivity index (χ2n) is 7.77. The number of methoxy groups -OCH3 is 2. The van der Waals surface area contributed by atoms with Crippen LogP contribution in [-0.2, 0) is 6.42 Å². The van der Waals surface area contributed by atoms with Gasteiger partial charge in [-0.25, -0.2) is 0 Å². The molecule has 0 bridgehead atoms. The number of aryl methyl sites for hydroxylation is 1. The molecule has 0 aliphatic carbocycles. The minimum atomic E-state index is -0.111. The minimum Gasteiger partial charge on any atom is -0.497 e. The van der Waals surface area contributed by atoms with Gasteiger partial charge in [0, 0.05) is 28.7 Å². The molecule has 0 radical (unpaired) electrons. The van der Waals surface area contributed by atoms with Crippen LogP contribution in [0.25, 0.3) is 39.3 Å². The first-order chi connectivity index (χ1) is 16.6. The van der Waals surface area contributed by atoms with Crippen molar-refractivity contribution in [3.05, 3.63) is 88.8 Å². The van der Waals surface area contributed by atoms with E-state index in [0.717, 1.165) is 17.5 Å². The van der Waals surface area contributed by atoms with Crippen LogP contribution in [0.3, 0.4) is 0 Å². The summed E-state index contributed by atoms with van der Waals surface area (Å²) < 4.78 is 18.1. The van der Waals surface area contributed by atoms with Gasteiger partial charge in [-0.3, -0.25) is 9.36 Å². The Morgan fingerprint density at radius 3 is 2.38 bits per heavy atom. The number of pyridine rings is 1. The molecule has 0 aliphatic rings. The maximum Gasteiger partial charge on any atom is 0.262 e. The normalized spacial score (nSPS) is 11.0. The number of fused-ring (bicyclic) bond motifs is 1. The second-order valence-corrected chi connectivity index (χ2v) is 7.77. The third-order valence-electron chi connectivity index (χ3n) is 5.85. The van der Waals surface area contributed by atoms with Crippen LogP contribution in [0.15, 0.2) is 82.2 Å². The second kappa shape index (κ2) is 8.86. The molecule has 34 heavy (non-hydrogen) atoms. The fraction of sp³-hybridized carbons (Fsp3) is 0.148. The summed E-state index contributed by atoms with van der Waals surface area (Å²) in [4.78, 5) is 17.9. The number of hydrogen-bond donors (Lipinski definition) is 0. The molecule has 5 aromatic rings. The molecule has 0 saturated heterocycles. The molecule has 7 nitrogen and oxygen atoms in total. The van der Waals surface area contributed by atoms with E-state index in [9.17, 15) is 4.79 Å². The van der Waals surface area contributed by atoms with Gasteiger partial charge < -0.3 is 14.0 Å². The van der Waals surface area contributed by atoms with E-state index in [4.69, 9.17) is 14.0 Å². The number of hydrogen-bond acceptors (Lipinski definition) is 6. The lowest BCUT2D eigenvalue weighted by Gasteiger charge is -2.11. The van der Waals surface area contributed by atoms with Gasteiger partial charge in [0.2, 0.25) is 5.82 Å². The van der Waals surface area contributed by atoms with Crippen molar-refractivity contribution < 1.29 is 14.0 Å². The zero-order valence-electron chi connectivity index (χ0n) is 19.1. The molecular weight excluding hydrogens is 430 g/mol. The molecule has 7 heteroatoms. The van der Waals surface area contributed by atoms with Crippen molar-refractivity contribution in [3.63, 3.8) is 0 Å². The summed E-state index contributed by atoms with van der Waals surface area (Å²) in [5.41, 5.74) is 3.20. The number of aromatic nitrogens is 3. The quantitative estimate of drug-likeness (QED) is 0.348. The predicted molar refractivity (Wildman–Crippen MR) is 131 cm³/mol. The predicted octanol–water partition coefficient (Wildman–Crippen LogP) is 5.29. The van der Waals surface area contributed by atoms with Gasteiger partial charge in [-0.2, -0.15) is 4.98 Å². The third kappa shape index (κ3) is 3.71. The standard InChI is InChI=1S/C27H23N3O4/c1-4-17-9-11-18(12-10-17)30-16-23(20-7-5-6-8-21(20)27(30)31)26-28-25(29-34-26)22-14-13-19(32-2)15-24(22)33-3/h5-16H,4H2,1-3H3. The highest BCUT2D eigenvalue weighted by molar-refractivity contribution is 5.94. The summed E-state index contributed by atoms with van der Waals surface area (Å²) in [6, 6.07) is 20.8. The summed E-state index contributed by atoms with van der Waals surface area (Å²) in [7, 11) is 3.17. The van der Waals surface area contributed by atoms with Crippen molar-refractivity contribution in [1.29, 1.82) is 0 Å². The lowest BCUT2D eigenvalue weighted by molar-refractivity contribution is 0.394. The zero-order chi connectivity index (χ0) is 23.7. The van der Waals surface area contributed by atoms with Gasteiger partial charge in [-0.05, 0) is 42.3 Å². The highest BCUT2D eigenvalue weighted by atomic mass is 16.5. The maximum atomic E-state index is 13.3. The number of rotatable bonds is 6. The van der Waals surface area contributed by atoms with Crippen LogP contribution in [0.4, 0.5) is 0 Å². The van der Waals surface area contributed by atoms with Crippen LogP contribution in [0, 0.1) is 0 Å². The molecule has 2 heterocycles. The van der Waals surface area contributed by atoms with Crippen molar-refractivity contribution in [1.82, 2.24) is 14.7 Å².